The van der Waals surface area contributed by atoms with Gasteiger partial charge in [-0.25, -0.2) is 0 Å². The molecule has 0 bridgehead atoms. The third kappa shape index (κ3) is 10.7. The minimum Gasteiger partial charge on any atom is -0.465 e. The summed E-state index contributed by atoms with van der Waals surface area (Å²) in [6.45, 7) is 4.16. The van der Waals surface area contributed by atoms with Gasteiger partial charge in [-0.2, -0.15) is 13.2 Å². The number of halogens is 3. The number of unbranched alkanes of at least 4 members (excludes halogenated alkanes) is 2. The first-order valence-electron chi connectivity index (χ1n) is 6.21. The maximum atomic E-state index is 11.9. The number of carbonyl (C=O) groups is 1. The summed E-state index contributed by atoms with van der Waals surface area (Å²) in [7, 11) is 0. The summed E-state index contributed by atoms with van der Waals surface area (Å²) >= 11 is 1.35. The first kappa shape index (κ1) is 17.6. The number of ether oxygens (including phenoxy) is 1. The van der Waals surface area contributed by atoms with Gasteiger partial charge in [-0.15, -0.1) is 11.8 Å². The number of hydrogen-bond acceptors (Lipinski definition) is 3. The fourth-order valence-electron chi connectivity index (χ4n) is 1.19. The molecule has 0 heterocycles. The Hall–Kier alpha value is -0.390. The maximum Gasteiger partial charge on any atom is 0.389 e. The predicted molar refractivity (Wildman–Crippen MR) is 67.7 cm³/mol. The van der Waals surface area contributed by atoms with E-state index in [9.17, 15) is 18.0 Å². The van der Waals surface area contributed by atoms with Gasteiger partial charge in [-0.1, -0.05) is 13.3 Å². The molecular weight excluding hydrogens is 265 g/mol. The zero-order valence-corrected chi connectivity index (χ0v) is 11.7. The number of esters is 1. The zero-order chi connectivity index (χ0) is 14.0. The summed E-state index contributed by atoms with van der Waals surface area (Å²) in [5.74, 6) is 0.282. The minimum absolute atomic E-state index is 0.119. The molecule has 0 saturated heterocycles. The fraction of sp³-hybridized carbons (Fsp3) is 0.917. The molecule has 0 amide bonds. The molecule has 2 nitrogen and oxygen atoms in total. The van der Waals surface area contributed by atoms with Gasteiger partial charge in [-0.3, -0.25) is 4.79 Å². The highest BCUT2D eigenvalue weighted by Gasteiger charge is 2.25. The van der Waals surface area contributed by atoms with Gasteiger partial charge >= 0.3 is 12.1 Å². The highest BCUT2D eigenvalue weighted by atomic mass is 32.2. The second-order valence-corrected chi connectivity index (χ2v) is 5.56. The van der Waals surface area contributed by atoms with E-state index in [-0.39, 0.29) is 17.6 Å². The van der Waals surface area contributed by atoms with Crippen molar-refractivity contribution in [2.45, 2.75) is 57.4 Å². The van der Waals surface area contributed by atoms with Gasteiger partial charge in [-0.05, 0) is 31.9 Å². The lowest BCUT2D eigenvalue weighted by molar-refractivity contribution is -0.142. The van der Waals surface area contributed by atoms with Crippen molar-refractivity contribution in [1.29, 1.82) is 0 Å². The minimum atomic E-state index is -4.07. The molecule has 108 valence electrons. The molecule has 0 fully saturated rings. The van der Waals surface area contributed by atoms with E-state index in [2.05, 4.69) is 0 Å². The van der Waals surface area contributed by atoms with Crippen LogP contribution < -0.4 is 0 Å². The van der Waals surface area contributed by atoms with Gasteiger partial charge in [0.15, 0.2) is 0 Å². The number of alkyl halides is 3. The lowest BCUT2D eigenvalue weighted by atomic mass is 10.2. The molecule has 1 unspecified atom stereocenters. The molecule has 6 heteroatoms. The van der Waals surface area contributed by atoms with Crippen LogP contribution in [0.2, 0.25) is 0 Å². The lowest BCUT2D eigenvalue weighted by Gasteiger charge is -2.11. The third-order valence-corrected chi connectivity index (χ3v) is 3.51. The van der Waals surface area contributed by atoms with Crippen LogP contribution in [0, 0.1) is 0 Å². The van der Waals surface area contributed by atoms with Crippen LogP contribution in [0.3, 0.4) is 0 Å². The molecule has 0 aliphatic heterocycles. The Morgan fingerprint density at radius 2 is 1.94 bits per heavy atom. The summed E-state index contributed by atoms with van der Waals surface area (Å²) in [5.41, 5.74) is 0. The van der Waals surface area contributed by atoms with Crippen LogP contribution in [0.4, 0.5) is 13.2 Å². The molecule has 0 N–H and O–H groups in total. The van der Waals surface area contributed by atoms with E-state index in [4.69, 9.17) is 4.74 Å². The Morgan fingerprint density at radius 3 is 2.50 bits per heavy atom. The highest BCUT2D eigenvalue weighted by Crippen LogP contribution is 2.23. The summed E-state index contributed by atoms with van der Waals surface area (Å²) in [5, 5.41) is -0.298. The van der Waals surface area contributed by atoms with Crippen LogP contribution in [0.5, 0.6) is 0 Å². The Bertz CT molecular complexity index is 232. The maximum absolute atomic E-state index is 11.9. The first-order valence-corrected chi connectivity index (χ1v) is 7.26. The van der Waals surface area contributed by atoms with E-state index in [1.54, 1.807) is 6.92 Å². The summed E-state index contributed by atoms with van der Waals surface area (Å²) in [4.78, 5) is 11.4. The van der Waals surface area contributed by atoms with E-state index in [0.717, 1.165) is 12.8 Å². The second-order valence-electron chi connectivity index (χ2n) is 4.11. The van der Waals surface area contributed by atoms with Crippen LogP contribution in [-0.2, 0) is 9.53 Å². The summed E-state index contributed by atoms with van der Waals surface area (Å²) < 4.78 is 40.6. The van der Waals surface area contributed by atoms with E-state index in [1.165, 1.54) is 11.8 Å². The van der Waals surface area contributed by atoms with Crippen molar-refractivity contribution in [3.63, 3.8) is 0 Å². The standard InChI is InChI=1S/C12H21F3O2S/c1-3-4-8-17-11(16)10(2)18-9-6-5-7-12(13,14)15/h10H,3-9H2,1-2H3. The smallest absolute Gasteiger partial charge is 0.389 e. The quantitative estimate of drug-likeness (QED) is 0.470. The molecule has 0 rings (SSSR count). The second kappa shape index (κ2) is 9.53. The van der Waals surface area contributed by atoms with E-state index in [1.807, 2.05) is 6.92 Å². The molecule has 0 aromatic carbocycles. The number of thioether (sulfide) groups is 1. The van der Waals surface area contributed by atoms with E-state index in [0.29, 0.717) is 18.8 Å². The normalized spacial score (nSPS) is 13.4. The van der Waals surface area contributed by atoms with Crippen LogP contribution in [0.15, 0.2) is 0 Å². The Kier molecular flexibility index (Phi) is 9.32. The lowest BCUT2D eigenvalue weighted by Crippen LogP contribution is -2.18. The number of rotatable bonds is 9. The van der Waals surface area contributed by atoms with Crippen LogP contribution in [0.1, 0.15) is 46.0 Å². The predicted octanol–water partition coefficient (Wildman–Crippen LogP) is 4.18. The van der Waals surface area contributed by atoms with Gasteiger partial charge < -0.3 is 4.74 Å². The van der Waals surface area contributed by atoms with Crippen molar-refractivity contribution in [2.75, 3.05) is 12.4 Å². The Labute approximate surface area is 111 Å². The molecule has 1 atom stereocenters. The van der Waals surface area contributed by atoms with Gasteiger partial charge in [0.25, 0.3) is 0 Å². The highest BCUT2D eigenvalue weighted by molar-refractivity contribution is 8.00. The molecule has 0 aromatic heterocycles. The largest absolute Gasteiger partial charge is 0.465 e. The summed E-state index contributed by atoms with van der Waals surface area (Å²) in [6, 6.07) is 0. The summed E-state index contributed by atoms with van der Waals surface area (Å²) in [6.07, 6.45) is -2.43. The van der Waals surface area contributed by atoms with Crippen molar-refractivity contribution in [2.24, 2.45) is 0 Å². The van der Waals surface area contributed by atoms with Crippen LogP contribution >= 0.6 is 11.8 Å². The molecule has 0 spiro atoms. The monoisotopic (exact) mass is 286 g/mol. The van der Waals surface area contributed by atoms with Crippen LogP contribution in [0.25, 0.3) is 0 Å². The van der Waals surface area contributed by atoms with Crippen LogP contribution in [-0.4, -0.2) is 29.8 Å². The Balaban J connectivity index is 3.52. The zero-order valence-electron chi connectivity index (χ0n) is 10.9. The van der Waals surface area contributed by atoms with E-state index >= 15 is 0 Å². The average molecular weight is 286 g/mol. The van der Waals surface area contributed by atoms with Gasteiger partial charge in [0.2, 0.25) is 0 Å². The number of hydrogen-bond donors (Lipinski definition) is 0. The van der Waals surface area contributed by atoms with Crippen molar-refractivity contribution >= 4 is 17.7 Å². The topological polar surface area (TPSA) is 26.3 Å². The molecule has 0 aliphatic rings. The van der Waals surface area contributed by atoms with Gasteiger partial charge in [0, 0.05) is 6.42 Å². The van der Waals surface area contributed by atoms with Crippen molar-refractivity contribution in [1.82, 2.24) is 0 Å². The first-order chi connectivity index (χ1) is 8.37. The third-order valence-electron chi connectivity index (χ3n) is 2.30. The SMILES string of the molecule is CCCCOC(=O)C(C)SCCCCC(F)(F)F. The number of carbonyl (C=O) groups excluding carboxylic acids is 1. The van der Waals surface area contributed by atoms with Gasteiger partial charge in [0.05, 0.1) is 11.9 Å². The van der Waals surface area contributed by atoms with Crippen molar-refractivity contribution in [3.05, 3.63) is 0 Å². The Morgan fingerprint density at radius 1 is 1.28 bits per heavy atom. The van der Waals surface area contributed by atoms with Crippen molar-refractivity contribution in [3.8, 4) is 0 Å². The molecule has 0 aromatic rings. The fourth-order valence-corrected chi connectivity index (χ4v) is 2.12. The van der Waals surface area contributed by atoms with E-state index < -0.39 is 12.6 Å². The molecule has 0 radical (unpaired) electrons. The molecule has 0 saturated carbocycles. The molecule has 0 aliphatic carbocycles. The molecule has 18 heavy (non-hydrogen) atoms. The molecular formula is C12H21F3O2S. The average Bonchev–Trinajstić information content (AvgIpc) is 2.27. The van der Waals surface area contributed by atoms with Gasteiger partial charge in [0.1, 0.15) is 0 Å². The van der Waals surface area contributed by atoms with Crippen molar-refractivity contribution < 1.29 is 22.7 Å².